The Labute approximate surface area is 143 Å². The van der Waals surface area contributed by atoms with Crippen LogP contribution in [0, 0.1) is 12.7 Å². The van der Waals surface area contributed by atoms with Gasteiger partial charge >= 0.3 is 0 Å². The Kier molecular flexibility index (Phi) is 5.84. The number of carbonyl (C=O) groups excluding carboxylic acids is 2. The van der Waals surface area contributed by atoms with Crippen LogP contribution < -0.4 is 10.8 Å². The molecule has 134 valence electrons. The molecule has 0 unspecified atom stereocenters. The molecule has 2 rings (SSSR count). The molecule has 8 nitrogen and oxygen atoms in total. The Balaban J connectivity index is 2.40. The number of carbonyl (C=O) groups is 2. The number of imidazole rings is 1. The van der Waals surface area contributed by atoms with Crippen LogP contribution in [0.25, 0.3) is 0 Å². The van der Waals surface area contributed by atoms with Gasteiger partial charge in [-0.2, -0.15) is 0 Å². The maximum absolute atomic E-state index is 14.1. The van der Waals surface area contributed by atoms with Crippen molar-refractivity contribution in [3.05, 3.63) is 41.1 Å². The van der Waals surface area contributed by atoms with Gasteiger partial charge in [0.2, 0.25) is 0 Å². The second kappa shape index (κ2) is 7.86. The van der Waals surface area contributed by atoms with Gasteiger partial charge < -0.3 is 15.0 Å². The van der Waals surface area contributed by atoms with Crippen molar-refractivity contribution in [1.29, 1.82) is 0 Å². The van der Waals surface area contributed by atoms with Crippen molar-refractivity contribution in [1.82, 2.24) is 15.0 Å². The van der Waals surface area contributed by atoms with Crippen molar-refractivity contribution >= 4 is 23.2 Å². The number of aliphatic hydroxyl groups excluding tert-OH is 1. The lowest BCUT2D eigenvalue weighted by Crippen LogP contribution is -2.26. The smallest absolute Gasteiger partial charge is 0.297 e. The lowest BCUT2D eigenvalue weighted by Gasteiger charge is -2.11. The summed E-state index contributed by atoms with van der Waals surface area (Å²) < 4.78 is 15.5. The van der Waals surface area contributed by atoms with Gasteiger partial charge in [0.25, 0.3) is 5.91 Å². The maximum atomic E-state index is 14.1. The number of nitrogens with zero attached hydrogens (tertiary/aromatic N) is 2. The fourth-order valence-electron chi connectivity index (χ4n) is 2.17. The molecule has 1 aromatic heterocycles. The number of anilines is 2. The van der Waals surface area contributed by atoms with Crippen LogP contribution >= 0.6 is 0 Å². The number of rotatable bonds is 7. The summed E-state index contributed by atoms with van der Waals surface area (Å²) in [4.78, 5) is 32.7. The number of Topliss-reactive ketones (excluding diaryl/α,β-unsaturated/α-hetero) is 1. The summed E-state index contributed by atoms with van der Waals surface area (Å²) in [6.07, 6.45) is 0. The summed E-state index contributed by atoms with van der Waals surface area (Å²) in [5, 5.41) is 11.5. The minimum absolute atomic E-state index is 0.0299. The van der Waals surface area contributed by atoms with E-state index >= 15 is 0 Å². The molecule has 1 heterocycles. The molecule has 0 radical (unpaired) electrons. The predicted molar refractivity (Wildman–Crippen MR) is 88.1 cm³/mol. The summed E-state index contributed by atoms with van der Waals surface area (Å²) in [6.45, 7) is 2.68. The Morgan fingerprint density at radius 1 is 1.40 bits per heavy atom. The monoisotopic (exact) mass is 350 g/mol. The van der Waals surface area contributed by atoms with Crippen LogP contribution in [0.3, 0.4) is 0 Å². The van der Waals surface area contributed by atoms with E-state index in [1.54, 1.807) is 13.0 Å². The number of aromatic nitrogens is 2. The number of hydroxylamine groups is 1. The van der Waals surface area contributed by atoms with Gasteiger partial charge in [-0.3, -0.25) is 14.4 Å². The third-order valence-corrected chi connectivity index (χ3v) is 3.36. The van der Waals surface area contributed by atoms with Gasteiger partial charge in [-0.25, -0.2) is 14.9 Å². The van der Waals surface area contributed by atoms with Crippen LogP contribution in [-0.2, 0) is 11.9 Å². The summed E-state index contributed by atoms with van der Waals surface area (Å²) in [6, 6.07) is 4.57. The number of amides is 1. The van der Waals surface area contributed by atoms with Gasteiger partial charge in [-0.1, -0.05) is 6.07 Å². The lowest BCUT2D eigenvalue weighted by molar-refractivity contribution is 0.0165. The van der Waals surface area contributed by atoms with Crippen LogP contribution in [0.5, 0.6) is 0 Å². The summed E-state index contributed by atoms with van der Waals surface area (Å²) in [5.74, 6) is -1.43. The number of benzene rings is 1. The molecule has 2 aromatic rings. The van der Waals surface area contributed by atoms with E-state index in [1.807, 2.05) is 0 Å². The Bertz CT molecular complexity index is 804. The van der Waals surface area contributed by atoms with Crippen LogP contribution in [-0.4, -0.2) is 39.6 Å². The number of aliphatic hydroxyl groups is 1. The third-order valence-electron chi connectivity index (χ3n) is 3.36. The lowest BCUT2D eigenvalue weighted by atomic mass is 10.2. The maximum Gasteiger partial charge on any atom is 0.297 e. The highest BCUT2D eigenvalue weighted by molar-refractivity contribution is 6.00. The normalized spacial score (nSPS) is 10.6. The highest BCUT2D eigenvalue weighted by atomic mass is 19.1. The van der Waals surface area contributed by atoms with E-state index in [9.17, 15) is 14.0 Å². The number of nitrogens with one attached hydrogen (secondary N) is 2. The quantitative estimate of drug-likeness (QED) is 0.397. The number of ketones is 1. The summed E-state index contributed by atoms with van der Waals surface area (Å²) in [7, 11) is 1.53. The molecule has 1 amide bonds. The molecule has 3 N–H and O–H groups in total. The fraction of sp³-hybridized carbons (Fsp3) is 0.312. The molecule has 0 atom stereocenters. The van der Waals surface area contributed by atoms with Crippen LogP contribution in [0.15, 0.2) is 18.2 Å². The third kappa shape index (κ3) is 4.20. The van der Waals surface area contributed by atoms with Crippen molar-refractivity contribution in [3.8, 4) is 0 Å². The zero-order valence-electron chi connectivity index (χ0n) is 14.1. The van der Waals surface area contributed by atoms with E-state index in [2.05, 4.69) is 15.8 Å². The predicted octanol–water partition coefficient (Wildman–Crippen LogP) is 1.47. The van der Waals surface area contributed by atoms with Gasteiger partial charge in [-0.15, -0.1) is 0 Å². The Hall–Kier alpha value is -2.78. The van der Waals surface area contributed by atoms with Gasteiger partial charge in [0.1, 0.15) is 11.6 Å². The molecule has 25 heavy (non-hydrogen) atoms. The highest BCUT2D eigenvalue weighted by Crippen LogP contribution is 2.25. The molecular formula is C16H19FN4O4. The Morgan fingerprint density at radius 3 is 2.72 bits per heavy atom. The second-order valence-corrected chi connectivity index (χ2v) is 5.36. The summed E-state index contributed by atoms with van der Waals surface area (Å²) >= 11 is 0. The molecule has 1 aromatic carbocycles. The molecule has 0 spiro atoms. The number of aryl methyl sites for hydroxylation is 1. The van der Waals surface area contributed by atoms with Crippen molar-refractivity contribution < 1.29 is 23.9 Å². The van der Waals surface area contributed by atoms with E-state index in [0.29, 0.717) is 0 Å². The van der Waals surface area contributed by atoms with Gasteiger partial charge in [0.05, 0.1) is 18.9 Å². The first kappa shape index (κ1) is 18.6. The molecule has 0 saturated carbocycles. The van der Waals surface area contributed by atoms with E-state index < -0.39 is 11.7 Å². The minimum Gasteiger partial charge on any atom is -0.394 e. The molecule has 0 saturated heterocycles. The number of hydrogen-bond donors (Lipinski definition) is 3. The van der Waals surface area contributed by atoms with E-state index in [0.717, 1.165) is 5.56 Å². The molecule has 9 heteroatoms. The molecule has 0 fully saturated rings. The van der Waals surface area contributed by atoms with Gasteiger partial charge in [0.15, 0.2) is 17.3 Å². The molecule has 0 aliphatic carbocycles. The van der Waals surface area contributed by atoms with Crippen molar-refractivity contribution in [2.24, 2.45) is 7.05 Å². The average Bonchev–Trinajstić information content (AvgIpc) is 2.87. The van der Waals surface area contributed by atoms with Crippen molar-refractivity contribution in [2.75, 3.05) is 18.5 Å². The van der Waals surface area contributed by atoms with Crippen molar-refractivity contribution in [2.45, 2.75) is 13.8 Å². The largest absolute Gasteiger partial charge is 0.394 e. The van der Waals surface area contributed by atoms with E-state index in [1.165, 1.54) is 30.7 Å². The highest BCUT2D eigenvalue weighted by Gasteiger charge is 2.23. The first-order valence-corrected chi connectivity index (χ1v) is 7.49. The zero-order valence-corrected chi connectivity index (χ0v) is 14.1. The Morgan fingerprint density at radius 2 is 2.12 bits per heavy atom. The first-order valence-electron chi connectivity index (χ1n) is 7.49. The molecule has 0 aliphatic rings. The first-order chi connectivity index (χ1) is 11.8. The van der Waals surface area contributed by atoms with Gasteiger partial charge in [0, 0.05) is 14.0 Å². The van der Waals surface area contributed by atoms with Crippen LogP contribution in [0.4, 0.5) is 15.9 Å². The number of halogens is 1. The van der Waals surface area contributed by atoms with Crippen LogP contribution in [0.2, 0.25) is 0 Å². The topological polar surface area (TPSA) is 105 Å². The SMILES string of the molecule is CC(=O)c1nc(C(=O)NOCCO)c(Nc2ccc(C)cc2F)n1C. The summed E-state index contributed by atoms with van der Waals surface area (Å²) in [5.41, 5.74) is 2.85. The van der Waals surface area contributed by atoms with E-state index in [4.69, 9.17) is 9.94 Å². The molecule has 0 aliphatic heterocycles. The average molecular weight is 350 g/mol. The van der Waals surface area contributed by atoms with Gasteiger partial charge in [-0.05, 0) is 24.6 Å². The standard InChI is InChI=1S/C16H19FN4O4/c1-9-4-5-12(11(17)8-9)18-15-13(16(24)20-25-7-6-22)19-14(10(2)23)21(15)3/h4-5,8,18,22H,6-7H2,1-3H3,(H,20,24). The molecular weight excluding hydrogens is 331 g/mol. The van der Waals surface area contributed by atoms with E-state index in [-0.39, 0.29) is 42.0 Å². The van der Waals surface area contributed by atoms with Crippen molar-refractivity contribution in [3.63, 3.8) is 0 Å². The minimum atomic E-state index is -0.730. The fourth-order valence-corrected chi connectivity index (χ4v) is 2.17. The second-order valence-electron chi connectivity index (χ2n) is 5.36. The van der Waals surface area contributed by atoms with Crippen LogP contribution in [0.1, 0.15) is 33.6 Å². The number of hydrogen-bond acceptors (Lipinski definition) is 6. The molecule has 0 bridgehead atoms. The zero-order chi connectivity index (χ0) is 18.6.